The summed E-state index contributed by atoms with van der Waals surface area (Å²) in [4.78, 5) is 6.16. The molecule has 3 heteroatoms. The Morgan fingerprint density at radius 2 is 1.29 bits per heavy atom. The number of nitrogens with zero attached hydrogens (tertiary/aromatic N) is 1. The second-order valence-electron chi connectivity index (χ2n) is 9.96. The summed E-state index contributed by atoms with van der Waals surface area (Å²) in [5.41, 5.74) is 18.1. The highest BCUT2D eigenvalue weighted by atomic mass is 32.1. The molecule has 2 aliphatic rings. The van der Waals surface area contributed by atoms with Crippen LogP contribution in [0, 0.1) is 0 Å². The highest BCUT2D eigenvalue weighted by Crippen LogP contribution is 2.65. The van der Waals surface area contributed by atoms with E-state index in [0.29, 0.717) is 0 Å². The zero-order valence-corrected chi connectivity index (χ0v) is 21.5. The number of fused-ring (bicyclic) bond motifs is 12. The first-order chi connectivity index (χ1) is 18.8. The van der Waals surface area contributed by atoms with Gasteiger partial charge in [0.25, 0.3) is 0 Å². The lowest BCUT2D eigenvalue weighted by atomic mass is 9.74. The second kappa shape index (κ2) is 8.09. The van der Waals surface area contributed by atoms with E-state index in [2.05, 4.69) is 115 Å². The van der Waals surface area contributed by atoms with Crippen molar-refractivity contribution >= 4 is 27.1 Å². The van der Waals surface area contributed by atoms with Gasteiger partial charge >= 0.3 is 0 Å². The Bertz CT molecular complexity index is 1910. The maximum Gasteiger partial charge on any atom is 0.0867 e. The Morgan fingerprint density at radius 1 is 0.632 bits per heavy atom. The molecule has 0 radical (unpaired) electrons. The van der Waals surface area contributed by atoms with Crippen molar-refractivity contribution < 1.29 is 0 Å². The topological polar surface area (TPSA) is 38.4 Å². The lowest BCUT2D eigenvalue weighted by Gasteiger charge is -2.29. The maximum atomic E-state index is 5.94. The van der Waals surface area contributed by atoms with Crippen molar-refractivity contribution in [3.8, 4) is 22.3 Å². The van der Waals surface area contributed by atoms with Crippen LogP contribution in [0.4, 0.5) is 0 Å². The van der Waals surface area contributed by atoms with Gasteiger partial charge in [0.05, 0.1) is 17.8 Å². The number of nitrogens with two attached hydrogens (primary N) is 1. The Balaban J connectivity index is 1.46. The molecule has 1 aromatic heterocycles. The summed E-state index contributed by atoms with van der Waals surface area (Å²) in [5.74, 6) is 0. The molecule has 2 nitrogen and oxygen atoms in total. The number of aliphatic imine (C=N–C) groups is 1. The molecule has 1 spiro atoms. The number of benzene rings is 5. The Kier molecular flexibility index (Phi) is 4.63. The van der Waals surface area contributed by atoms with Crippen LogP contribution in [0.5, 0.6) is 0 Å². The van der Waals surface area contributed by atoms with Crippen LogP contribution in [-0.4, -0.2) is 12.4 Å². The molecule has 2 aliphatic carbocycles. The van der Waals surface area contributed by atoms with Crippen LogP contribution in [-0.2, 0) is 5.41 Å². The monoisotopic (exact) mass is 504 g/mol. The van der Waals surface area contributed by atoms with Crippen LogP contribution in [0.2, 0.25) is 0 Å². The zero-order valence-electron chi connectivity index (χ0n) is 20.7. The largest absolute Gasteiger partial charge is 0.312 e. The van der Waals surface area contributed by atoms with Crippen molar-refractivity contribution in [1.82, 2.24) is 0 Å². The van der Waals surface area contributed by atoms with E-state index in [1.807, 2.05) is 17.4 Å². The van der Waals surface area contributed by atoms with E-state index in [9.17, 15) is 0 Å². The molecule has 0 fully saturated rings. The van der Waals surface area contributed by atoms with Gasteiger partial charge in [-0.05, 0) is 45.5 Å². The lowest BCUT2D eigenvalue weighted by Crippen LogP contribution is -2.25. The van der Waals surface area contributed by atoms with Gasteiger partial charge in [0, 0.05) is 31.7 Å². The summed E-state index contributed by atoms with van der Waals surface area (Å²) < 4.78 is 1.34. The minimum absolute atomic E-state index is 0.250. The van der Waals surface area contributed by atoms with Gasteiger partial charge in [-0.1, -0.05) is 109 Å². The number of hydrogen-bond donors (Lipinski definition) is 1. The summed E-state index contributed by atoms with van der Waals surface area (Å²) in [7, 11) is 0. The molecule has 1 unspecified atom stereocenters. The molecule has 2 N–H and O–H groups in total. The smallest absolute Gasteiger partial charge is 0.0867 e. The lowest BCUT2D eigenvalue weighted by molar-refractivity contribution is 0.811. The average Bonchev–Trinajstić information content (AvgIpc) is 3.60. The molecule has 6 aromatic rings. The standard InChI is InChI=1S/C35H24N2S/c36-21-37-33(22-10-2-1-3-11-22)23-18-19-30-27(20-23)24-12-4-7-15-28(24)35(30)29-16-8-5-13-25(29)32-26-14-6-9-17-31(26)38-34(32)35/h1-20H,21,36H2/b37-33+. The van der Waals surface area contributed by atoms with Gasteiger partial charge in [-0.2, -0.15) is 0 Å². The van der Waals surface area contributed by atoms with E-state index < -0.39 is 0 Å². The van der Waals surface area contributed by atoms with E-state index in [4.69, 9.17) is 10.7 Å². The molecule has 0 aliphatic heterocycles. The summed E-state index contributed by atoms with van der Waals surface area (Å²) >= 11 is 1.94. The Hall–Kier alpha value is -4.31. The molecule has 8 rings (SSSR count). The number of hydrogen-bond acceptors (Lipinski definition) is 3. The fourth-order valence-corrected chi connectivity index (χ4v) is 8.18. The average molecular weight is 505 g/mol. The molecule has 0 saturated heterocycles. The fourth-order valence-electron chi connectivity index (χ4n) is 6.73. The van der Waals surface area contributed by atoms with Gasteiger partial charge in [-0.15, -0.1) is 11.3 Å². The van der Waals surface area contributed by atoms with Gasteiger partial charge in [-0.3, -0.25) is 4.99 Å². The van der Waals surface area contributed by atoms with Crippen LogP contribution < -0.4 is 5.73 Å². The van der Waals surface area contributed by atoms with Crippen LogP contribution in [0.15, 0.2) is 126 Å². The van der Waals surface area contributed by atoms with Gasteiger partial charge in [0.15, 0.2) is 0 Å². The van der Waals surface area contributed by atoms with Gasteiger partial charge in [0.2, 0.25) is 0 Å². The summed E-state index contributed by atoms with van der Waals surface area (Å²) in [5, 5.41) is 1.35. The molecule has 0 saturated carbocycles. The minimum Gasteiger partial charge on any atom is -0.312 e. The third kappa shape index (κ3) is 2.72. The van der Waals surface area contributed by atoms with Gasteiger partial charge in [-0.25, -0.2) is 0 Å². The maximum absolute atomic E-state index is 5.94. The van der Waals surface area contributed by atoms with E-state index in [1.54, 1.807) is 0 Å². The predicted octanol–water partition coefficient (Wildman–Crippen LogP) is 8.00. The second-order valence-corrected chi connectivity index (χ2v) is 11.0. The highest BCUT2D eigenvalue weighted by Gasteiger charge is 2.53. The molecule has 180 valence electrons. The van der Waals surface area contributed by atoms with Crippen molar-refractivity contribution in [2.75, 3.05) is 6.67 Å². The first-order valence-corrected chi connectivity index (χ1v) is 13.8. The normalized spacial score (nSPS) is 16.9. The van der Waals surface area contributed by atoms with Gasteiger partial charge < -0.3 is 5.73 Å². The summed E-state index contributed by atoms with van der Waals surface area (Å²) in [6.07, 6.45) is 0. The number of rotatable bonds is 3. The Morgan fingerprint density at radius 3 is 2.11 bits per heavy atom. The third-order valence-electron chi connectivity index (χ3n) is 8.15. The molecular formula is C35H24N2S. The molecule has 5 aromatic carbocycles. The van der Waals surface area contributed by atoms with E-state index in [1.165, 1.54) is 53.9 Å². The molecule has 0 bridgehead atoms. The molecular weight excluding hydrogens is 480 g/mol. The SMILES string of the molecule is NC/N=C(\c1ccccc1)c1ccc2c(c1)-c1ccccc1C21c2ccccc2-c2c1sc1ccccc21. The molecule has 0 amide bonds. The first-order valence-electron chi connectivity index (χ1n) is 13.0. The van der Waals surface area contributed by atoms with Crippen molar-refractivity contribution in [1.29, 1.82) is 0 Å². The van der Waals surface area contributed by atoms with Crippen LogP contribution in [0.3, 0.4) is 0 Å². The minimum atomic E-state index is -0.321. The summed E-state index contributed by atoms with van der Waals surface area (Å²) in [6.45, 7) is 0.250. The summed E-state index contributed by atoms with van der Waals surface area (Å²) in [6, 6.07) is 44.1. The highest BCUT2D eigenvalue weighted by molar-refractivity contribution is 7.20. The van der Waals surface area contributed by atoms with E-state index in [0.717, 1.165) is 16.8 Å². The van der Waals surface area contributed by atoms with Crippen molar-refractivity contribution in [3.63, 3.8) is 0 Å². The predicted molar refractivity (Wildman–Crippen MR) is 159 cm³/mol. The van der Waals surface area contributed by atoms with Crippen molar-refractivity contribution in [2.24, 2.45) is 10.7 Å². The van der Waals surface area contributed by atoms with Crippen LogP contribution >= 0.6 is 11.3 Å². The van der Waals surface area contributed by atoms with Crippen molar-refractivity contribution in [3.05, 3.63) is 154 Å². The number of thiophene rings is 1. The fraction of sp³-hybridized carbons (Fsp3) is 0.0571. The Labute approximate surface area is 225 Å². The third-order valence-corrected chi connectivity index (χ3v) is 9.44. The van der Waals surface area contributed by atoms with Crippen LogP contribution in [0.25, 0.3) is 32.3 Å². The van der Waals surface area contributed by atoms with E-state index in [-0.39, 0.29) is 12.1 Å². The van der Waals surface area contributed by atoms with Crippen molar-refractivity contribution in [2.45, 2.75) is 5.41 Å². The van der Waals surface area contributed by atoms with Gasteiger partial charge in [0.1, 0.15) is 0 Å². The molecule has 1 heterocycles. The molecule has 38 heavy (non-hydrogen) atoms. The molecule has 1 atom stereocenters. The van der Waals surface area contributed by atoms with Crippen LogP contribution in [0.1, 0.15) is 32.7 Å². The first kappa shape index (κ1) is 21.7. The quantitative estimate of drug-likeness (QED) is 0.243. The zero-order chi connectivity index (χ0) is 25.3. The van der Waals surface area contributed by atoms with E-state index >= 15 is 0 Å².